The second-order valence-corrected chi connectivity index (χ2v) is 8.50. The molecule has 0 saturated heterocycles. The average molecular weight is 491 g/mol. The van der Waals surface area contributed by atoms with Crippen LogP contribution in [0.3, 0.4) is 0 Å². The highest BCUT2D eigenvalue weighted by Crippen LogP contribution is 2.29. The number of hydrogen-bond acceptors (Lipinski definition) is 6. The van der Waals surface area contributed by atoms with Crippen molar-refractivity contribution >= 4 is 75.4 Å². The molecule has 2 aromatic carbocycles. The molecule has 0 spiro atoms. The van der Waals surface area contributed by atoms with E-state index in [0.29, 0.717) is 5.69 Å². The largest absolute Gasteiger partial charge is 0.545 e. The number of carboxylic acids is 1. The number of carboxylic acid groups (broad SMARTS) is 1. The van der Waals surface area contributed by atoms with Crippen LogP contribution >= 0.6 is 47.0 Å². The highest BCUT2D eigenvalue weighted by molar-refractivity contribution is 7.80. The number of halogens is 3. The molecule has 9 nitrogen and oxygen atoms in total. The first-order chi connectivity index (χ1) is 14.0. The maximum Gasteiger partial charge on any atom is 0.270 e. The van der Waals surface area contributed by atoms with Gasteiger partial charge in [-0.3, -0.25) is 14.9 Å². The maximum atomic E-state index is 12.5. The Morgan fingerprint density at radius 2 is 1.67 bits per heavy atom. The molecule has 1 amide bonds. The SMILES string of the molecule is O=C([O-])c1cccc(NC(=S)N[C@H](NC(=O)c2cccc([N+](=O)[O-])c2)C(Cl)(Cl)Cl)c1. The van der Waals surface area contributed by atoms with Crippen LogP contribution in [-0.2, 0) is 0 Å². The minimum absolute atomic E-state index is 0.0363. The topological polar surface area (TPSA) is 136 Å². The van der Waals surface area contributed by atoms with Crippen LogP contribution in [0, 0.1) is 10.1 Å². The first kappa shape index (κ1) is 23.6. The van der Waals surface area contributed by atoms with Gasteiger partial charge in [0.05, 0.1) is 10.9 Å². The summed E-state index contributed by atoms with van der Waals surface area (Å²) < 4.78 is -2.06. The summed E-state index contributed by atoms with van der Waals surface area (Å²) in [6.45, 7) is 0. The normalized spacial score (nSPS) is 11.8. The molecule has 0 bridgehead atoms. The van der Waals surface area contributed by atoms with E-state index in [1.807, 2.05) is 0 Å². The molecule has 0 fully saturated rings. The molecular weight excluding hydrogens is 479 g/mol. The number of alkyl halides is 3. The lowest BCUT2D eigenvalue weighted by molar-refractivity contribution is -0.384. The Morgan fingerprint density at radius 1 is 1.03 bits per heavy atom. The average Bonchev–Trinajstić information content (AvgIpc) is 2.66. The van der Waals surface area contributed by atoms with Crippen molar-refractivity contribution in [3.63, 3.8) is 0 Å². The number of amides is 1. The molecular formula is C17H12Cl3N4O5S-. The molecule has 13 heteroatoms. The predicted molar refractivity (Wildman–Crippen MR) is 115 cm³/mol. The number of aromatic carboxylic acids is 1. The fraction of sp³-hybridized carbons (Fsp3) is 0.118. The van der Waals surface area contributed by atoms with Gasteiger partial charge in [0.25, 0.3) is 11.6 Å². The number of nitrogens with one attached hydrogen (secondary N) is 3. The van der Waals surface area contributed by atoms with Crippen molar-refractivity contribution in [3.05, 3.63) is 69.8 Å². The van der Waals surface area contributed by atoms with Gasteiger partial charge in [-0.2, -0.15) is 0 Å². The summed E-state index contributed by atoms with van der Waals surface area (Å²) in [5, 5.41) is 29.4. The molecule has 0 aromatic heterocycles. The molecule has 2 rings (SSSR count). The van der Waals surface area contributed by atoms with Crippen molar-refractivity contribution in [2.24, 2.45) is 0 Å². The number of non-ortho nitro benzene ring substituents is 1. The van der Waals surface area contributed by atoms with Crippen molar-refractivity contribution in [2.45, 2.75) is 9.96 Å². The Balaban J connectivity index is 2.12. The van der Waals surface area contributed by atoms with Crippen LogP contribution in [0.5, 0.6) is 0 Å². The van der Waals surface area contributed by atoms with Crippen LogP contribution in [0.15, 0.2) is 48.5 Å². The third-order valence-electron chi connectivity index (χ3n) is 3.55. The zero-order valence-corrected chi connectivity index (χ0v) is 17.8. The molecule has 30 heavy (non-hydrogen) atoms. The first-order valence-corrected chi connectivity index (χ1v) is 9.52. The van der Waals surface area contributed by atoms with Crippen molar-refractivity contribution in [1.29, 1.82) is 0 Å². The number of nitro groups is 1. The fourth-order valence-electron chi connectivity index (χ4n) is 2.20. The third-order valence-corrected chi connectivity index (χ3v) is 4.43. The summed E-state index contributed by atoms with van der Waals surface area (Å²) in [5.41, 5.74) is -0.0983. The van der Waals surface area contributed by atoms with Gasteiger partial charge >= 0.3 is 0 Å². The van der Waals surface area contributed by atoms with E-state index in [4.69, 9.17) is 47.0 Å². The number of carbonyl (C=O) groups is 2. The van der Waals surface area contributed by atoms with E-state index >= 15 is 0 Å². The molecule has 0 aliphatic carbocycles. The lowest BCUT2D eigenvalue weighted by atomic mass is 10.2. The summed E-state index contributed by atoms with van der Waals surface area (Å²) in [6, 6.07) is 10.6. The van der Waals surface area contributed by atoms with Crippen molar-refractivity contribution in [2.75, 3.05) is 5.32 Å². The predicted octanol–water partition coefficient (Wildman–Crippen LogP) is 2.37. The van der Waals surface area contributed by atoms with E-state index < -0.39 is 26.8 Å². The van der Waals surface area contributed by atoms with E-state index in [1.54, 1.807) is 0 Å². The Hall–Kier alpha value is -2.66. The highest BCUT2D eigenvalue weighted by Gasteiger charge is 2.35. The van der Waals surface area contributed by atoms with Gasteiger partial charge < -0.3 is 25.9 Å². The van der Waals surface area contributed by atoms with E-state index in [1.165, 1.54) is 42.5 Å². The number of nitrogens with zero attached hydrogens (tertiary/aromatic N) is 1. The van der Waals surface area contributed by atoms with Crippen LogP contribution < -0.4 is 21.1 Å². The van der Waals surface area contributed by atoms with Gasteiger partial charge in [-0.1, -0.05) is 53.0 Å². The fourth-order valence-corrected chi connectivity index (χ4v) is 2.76. The molecule has 0 aliphatic rings. The van der Waals surface area contributed by atoms with Gasteiger partial charge in [-0.25, -0.2) is 0 Å². The lowest BCUT2D eigenvalue weighted by Gasteiger charge is -2.27. The molecule has 3 N–H and O–H groups in total. The monoisotopic (exact) mass is 489 g/mol. The van der Waals surface area contributed by atoms with Gasteiger partial charge in [0, 0.05) is 23.4 Å². The van der Waals surface area contributed by atoms with Gasteiger partial charge in [-0.05, 0) is 36.0 Å². The highest BCUT2D eigenvalue weighted by atomic mass is 35.6. The van der Waals surface area contributed by atoms with Crippen LogP contribution in [0.25, 0.3) is 0 Å². The number of rotatable bonds is 6. The van der Waals surface area contributed by atoms with Crippen LogP contribution in [0.1, 0.15) is 20.7 Å². The minimum atomic E-state index is -2.06. The summed E-state index contributed by atoms with van der Waals surface area (Å²) >= 11 is 22.8. The smallest absolute Gasteiger partial charge is 0.270 e. The first-order valence-electron chi connectivity index (χ1n) is 7.98. The molecule has 1 atom stereocenters. The summed E-state index contributed by atoms with van der Waals surface area (Å²) in [7, 11) is 0. The van der Waals surface area contributed by atoms with Gasteiger partial charge in [0.1, 0.15) is 6.17 Å². The number of anilines is 1. The van der Waals surface area contributed by atoms with Crippen LogP contribution in [0.4, 0.5) is 11.4 Å². The van der Waals surface area contributed by atoms with Crippen molar-refractivity contribution in [3.8, 4) is 0 Å². The molecule has 2 aromatic rings. The van der Waals surface area contributed by atoms with Gasteiger partial charge in [-0.15, -0.1) is 0 Å². The van der Waals surface area contributed by atoms with Gasteiger partial charge in [0.15, 0.2) is 5.11 Å². The van der Waals surface area contributed by atoms with E-state index in [2.05, 4.69) is 16.0 Å². The Bertz CT molecular complexity index is 999. The van der Waals surface area contributed by atoms with Crippen molar-refractivity contribution < 1.29 is 19.6 Å². The number of hydrogen-bond donors (Lipinski definition) is 3. The molecule has 0 aliphatic heterocycles. The van der Waals surface area contributed by atoms with E-state index in [9.17, 15) is 24.8 Å². The van der Waals surface area contributed by atoms with Crippen LogP contribution in [0.2, 0.25) is 0 Å². The van der Waals surface area contributed by atoms with Gasteiger partial charge in [0.2, 0.25) is 3.79 Å². The minimum Gasteiger partial charge on any atom is -0.545 e. The summed E-state index contributed by atoms with van der Waals surface area (Å²) in [6.07, 6.45) is -1.33. The zero-order chi connectivity index (χ0) is 22.5. The molecule has 0 unspecified atom stereocenters. The number of carbonyl (C=O) groups excluding carboxylic acids is 2. The standard InChI is InChI=1S/C17H13Cl3N4O5S/c18-17(19,20)15(22-13(25)9-3-2-6-12(8-9)24(28)29)23-16(30)21-11-5-1-4-10(7-11)14(26)27/h1-8,15H,(H,22,25)(H,26,27)(H2,21,23,30)/p-1/t15-/m0/s1. The van der Waals surface area contributed by atoms with Crippen LogP contribution in [-0.4, -0.2) is 31.9 Å². The number of nitro benzene ring substituents is 1. The number of thiocarbonyl (C=S) groups is 1. The van der Waals surface area contributed by atoms with Crippen molar-refractivity contribution in [1.82, 2.24) is 10.6 Å². The maximum absolute atomic E-state index is 12.5. The Kier molecular flexibility index (Phi) is 7.79. The summed E-state index contributed by atoms with van der Waals surface area (Å²) in [5.74, 6) is -2.13. The van der Waals surface area contributed by atoms with E-state index in [0.717, 1.165) is 6.07 Å². The zero-order valence-electron chi connectivity index (χ0n) is 14.7. The molecule has 0 heterocycles. The molecule has 0 radical (unpaired) electrons. The molecule has 158 valence electrons. The summed E-state index contributed by atoms with van der Waals surface area (Å²) in [4.78, 5) is 33.6. The Morgan fingerprint density at radius 3 is 2.27 bits per heavy atom. The number of benzene rings is 2. The lowest BCUT2D eigenvalue weighted by Crippen LogP contribution is -2.56. The third kappa shape index (κ3) is 6.70. The quantitative estimate of drug-likeness (QED) is 0.185. The molecule has 0 saturated carbocycles. The second-order valence-electron chi connectivity index (χ2n) is 5.72. The second kappa shape index (κ2) is 9.90. The van der Waals surface area contributed by atoms with E-state index in [-0.39, 0.29) is 21.9 Å². The Labute approximate surface area is 190 Å².